The summed E-state index contributed by atoms with van der Waals surface area (Å²) in [6.07, 6.45) is 1.70. The molecular weight excluding hydrogens is 380 g/mol. The smallest absolute Gasteiger partial charge is 0.162 e. The molecule has 0 aliphatic heterocycles. The highest BCUT2D eigenvalue weighted by atomic mass is 16.5. The molecule has 0 aliphatic rings. The van der Waals surface area contributed by atoms with Gasteiger partial charge in [-0.05, 0) is 38.1 Å². The summed E-state index contributed by atoms with van der Waals surface area (Å²) < 4.78 is 17.0. The Morgan fingerprint density at radius 3 is 2.33 bits per heavy atom. The number of hydrogen-bond donors (Lipinski definition) is 2. The van der Waals surface area contributed by atoms with E-state index in [1.54, 1.807) is 20.4 Å². The van der Waals surface area contributed by atoms with E-state index in [0.29, 0.717) is 28.8 Å². The zero-order chi connectivity index (χ0) is 21.7. The van der Waals surface area contributed by atoms with Gasteiger partial charge in [0.05, 0.1) is 19.7 Å². The molecule has 2 N–H and O–H groups in total. The average Bonchev–Trinajstić information content (AvgIpc) is 2.78. The molecule has 158 valence electrons. The lowest BCUT2D eigenvalue weighted by atomic mass is 10.1. The van der Waals surface area contributed by atoms with Gasteiger partial charge in [0.1, 0.15) is 17.3 Å². The van der Waals surface area contributed by atoms with Gasteiger partial charge in [-0.2, -0.15) is 0 Å². The molecule has 1 aromatic heterocycles. The maximum Gasteiger partial charge on any atom is 0.162 e. The Kier molecular flexibility index (Phi) is 6.61. The van der Waals surface area contributed by atoms with E-state index in [0.717, 1.165) is 35.2 Å². The molecule has 0 radical (unpaired) electrons. The third-order valence-electron chi connectivity index (χ3n) is 5.03. The second-order valence-corrected chi connectivity index (χ2v) is 6.61. The van der Waals surface area contributed by atoms with Crippen LogP contribution in [0.3, 0.4) is 0 Å². The maximum absolute atomic E-state index is 8.52. The Morgan fingerprint density at radius 1 is 1.00 bits per heavy atom. The summed E-state index contributed by atoms with van der Waals surface area (Å²) in [6.45, 7) is 5.66. The van der Waals surface area contributed by atoms with Crippen LogP contribution in [0.15, 0.2) is 42.6 Å². The lowest BCUT2D eigenvalue weighted by molar-refractivity contribution is 0.355. The fourth-order valence-corrected chi connectivity index (χ4v) is 3.37. The number of hydrogen-bond acceptors (Lipinski definition) is 6. The van der Waals surface area contributed by atoms with Gasteiger partial charge >= 0.3 is 0 Å². The first-order chi connectivity index (χ1) is 14.6. The first-order valence-corrected chi connectivity index (χ1v) is 9.90. The third-order valence-corrected chi connectivity index (χ3v) is 5.03. The van der Waals surface area contributed by atoms with Crippen molar-refractivity contribution < 1.29 is 14.2 Å². The fourth-order valence-electron chi connectivity index (χ4n) is 3.37. The number of anilines is 1. The molecule has 7 nitrogen and oxygen atoms in total. The molecule has 1 heterocycles. The van der Waals surface area contributed by atoms with Gasteiger partial charge in [0.2, 0.25) is 0 Å². The van der Waals surface area contributed by atoms with Crippen molar-refractivity contribution in [2.45, 2.75) is 13.8 Å². The van der Waals surface area contributed by atoms with Gasteiger partial charge in [-0.25, -0.2) is 0 Å². The van der Waals surface area contributed by atoms with Crippen molar-refractivity contribution in [1.29, 1.82) is 5.41 Å². The zero-order valence-corrected chi connectivity index (χ0v) is 18.1. The minimum Gasteiger partial charge on any atom is -0.493 e. The van der Waals surface area contributed by atoms with E-state index in [4.69, 9.17) is 19.6 Å². The number of rotatable bonds is 8. The second-order valence-electron chi connectivity index (χ2n) is 6.61. The van der Waals surface area contributed by atoms with Gasteiger partial charge in [0.25, 0.3) is 0 Å². The molecule has 2 aromatic carbocycles. The highest BCUT2D eigenvalue weighted by molar-refractivity contribution is 6.01. The highest BCUT2D eigenvalue weighted by Gasteiger charge is 2.15. The van der Waals surface area contributed by atoms with Gasteiger partial charge in [-0.3, -0.25) is 10.4 Å². The van der Waals surface area contributed by atoms with Crippen molar-refractivity contribution >= 4 is 22.4 Å². The van der Waals surface area contributed by atoms with Gasteiger partial charge in [0.15, 0.2) is 11.5 Å². The van der Waals surface area contributed by atoms with Gasteiger partial charge < -0.3 is 24.4 Å². The molecule has 0 saturated carbocycles. The molecule has 7 heteroatoms. The van der Waals surface area contributed by atoms with Crippen molar-refractivity contribution in [3.63, 3.8) is 0 Å². The van der Waals surface area contributed by atoms with E-state index < -0.39 is 0 Å². The summed E-state index contributed by atoms with van der Waals surface area (Å²) >= 11 is 0. The van der Waals surface area contributed by atoms with Crippen LogP contribution in [0.1, 0.15) is 19.4 Å². The van der Waals surface area contributed by atoms with Crippen molar-refractivity contribution in [1.82, 2.24) is 9.88 Å². The molecule has 0 fully saturated rings. The summed E-state index contributed by atoms with van der Waals surface area (Å²) in [5.41, 5.74) is 2.42. The predicted octanol–water partition coefficient (Wildman–Crippen LogP) is 4.75. The molecule has 3 rings (SSSR count). The number of benzene rings is 2. The summed E-state index contributed by atoms with van der Waals surface area (Å²) in [4.78, 5) is 6.42. The van der Waals surface area contributed by atoms with Crippen molar-refractivity contribution in [2.24, 2.45) is 0 Å². The number of nitrogens with zero attached hydrogens (tertiary/aromatic N) is 2. The number of fused-ring (bicyclic) bond motifs is 1. The van der Waals surface area contributed by atoms with Crippen LogP contribution in [0.2, 0.25) is 0 Å². The Bertz CT molecular complexity index is 1050. The summed E-state index contributed by atoms with van der Waals surface area (Å²) in [5.74, 6) is 3.04. The van der Waals surface area contributed by atoms with Crippen LogP contribution in [0.5, 0.6) is 23.0 Å². The Labute approximate surface area is 177 Å². The molecule has 0 atom stereocenters. The van der Waals surface area contributed by atoms with E-state index in [1.165, 1.54) is 0 Å². The van der Waals surface area contributed by atoms with Gasteiger partial charge in [-0.1, -0.05) is 0 Å². The van der Waals surface area contributed by atoms with E-state index >= 15 is 0 Å². The number of nitrogens with one attached hydrogen (secondary N) is 2. The molecule has 30 heavy (non-hydrogen) atoms. The monoisotopic (exact) mass is 408 g/mol. The van der Waals surface area contributed by atoms with Gasteiger partial charge in [0, 0.05) is 55.1 Å². The normalized spacial score (nSPS) is 10.6. The first kappa shape index (κ1) is 21.2. The second kappa shape index (κ2) is 9.35. The SMILES string of the molecule is CCN(CC)C(=N)c1ccc(Oc2ccnc3cc(OC)c(OC)cc23)cc1NC. The molecule has 0 aliphatic carbocycles. The van der Waals surface area contributed by atoms with Crippen LogP contribution >= 0.6 is 0 Å². The third kappa shape index (κ3) is 4.10. The molecule has 0 spiro atoms. The maximum atomic E-state index is 8.52. The molecular formula is C23H28N4O3. The van der Waals surface area contributed by atoms with Crippen molar-refractivity contribution in [3.8, 4) is 23.0 Å². The topological polar surface area (TPSA) is 79.7 Å². The molecule has 0 bridgehead atoms. The minimum atomic E-state index is 0.488. The first-order valence-electron chi connectivity index (χ1n) is 9.90. The lowest BCUT2D eigenvalue weighted by Gasteiger charge is -2.23. The lowest BCUT2D eigenvalue weighted by Crippen LogP contribution is -2.31. The number of methoxy groups -OCH3 is 2. The predicted molar refractivity (Wildman–Crippen MR) is 121 cm³/mol. The average molecular weight is 409 g/mol. The van der Waals surface area contributed by atoms with E-state index in [-0.39, 0.29) is 0 Å². The van der Waals surface area contributed by atoms with Crippen LogP contribution in [0.25, 0.3) is 10.9 Å². The highest BCUT2D eigenvalue weighted by Crippen LogP contribution is 2.37. The minimum absolute atomic E-state index is 0.488. The zero-order valence-electron chi connectivity index (χ0n) is 18.1. The number of aromatic nitrogens is 1. The summed E-state index contributed by atoms with van der Waals surface area (Å²) in [5, 5.41) is 12.5. The van der Waals surface area contributed by atoms with Gasteiger partial charge in [-0.15, -0.1) is 0 Å². The van der Waals surface area contributed by atoms with Crippen molar-refractivity contribution in [2.75, 3.05) is 39.7 Å². The van der Waals surface area contributed by atoms with Crippen LogP contribution < -0.4 is 19.5 Å². The Balaban J connectivity index is 1.98. The van der Waals surface area contributed by atoms with Crippen LogP contribution in [-0.2, 0) is 0 Å². The summed E-state index contributed by atoms with van der Waals surface area (Å²) in [6, 6.07) is 11.2. The number of ether oxygens (including phenoxy) is 3. The number of pyridine rings is 1. The molecule has 0 saturated heterocycles. The number of amidine groups is 1. The van der Waals surface area contributed by atoms with E-state index in [1.807, 2.05) is 62.2 Å². The largest absolute Gasteiger partial charge is 0.493 e. The summed E-state index contributed by atoms with van der Waals surface area (Å²) in [7, 11) is 5.04. The van der Waals surface area contributed by atoms with Crippen LogP contribution in [-0.4, -0.2) is 50.1 Å². The molecule has 0 unspecified atom stereocenters. The molecule has 3 aromatic rings. The fraction of sp³-hybridized carbons (Fsp3) is 0.304. The van der Waals surface area contributed by atoms with Crippen LogP contribution in [0.4, 0.5) is 5.69 Å². The van der Waals surface area contributed by atoms with Crippen molar-refractivity contribution in [3.05, 3.63) is 48.2 Å². The van der Waals surface area contributed by atoms with Crippen LogP contribution in [0, 0.1) is 5.41 Å². The van der Waals surface area contributed by atoms with E-state index in [9.17, 15) is 0 Å². The quantitative estimate of drug-likeness (QED) is 0.413. The van der Waals surface area contributed by atoms with E-state index in [2.05, 4.69) is 10.3 Å². The molecule has 0 amide bonds. The standard InChI is InChI=1S/C23H28N4O3/c1-6-27(7-2)23(24)16-9-8-15(12-18(16)25-3)30-20-10-11-26-19-14-22(29-5)21(28-4)13-17(19)20/h8-14,24-25H,6-7H2,1-5H3. The Morgan fingerprint density at radius 2 is 1.70 bits per heavy atom. The Hall–Kier alpha value is -3.48.